The van der Waals surface area contributed by atoms with Crippen molar-refractivity contribution in [2.75, 3.05) is 5.32 Å². The molecule has 8 heteroatoms. The third kappa shape index (κ3) is 4.42. The maximum atomic E-state index is 12.9. The van der Waals surface area contributed by atoms with E-state index < -0.39 is 0 Å². The van der Waals surface area contributed by atoms with E-state index in [1.807, 2.05) is 0 Å². The minimum atomic E-state index is -0.383. The van der Waals surface area contributed by atoms with Crippen LogP contribution >= 0.6 is 15.9 Å². The molecule has 0 spiro atoms. The second-order valence-corrected chi connectivity index (χ2v) is 6.15. The van der Waals surface area contributed by atoms with Crippen molar-refractivity contribution in [1.82, 2.24) is 9.97 Å². The Hall–Kier alpha value is -2.74. The van der Waals surface area contributed by atoms with E-state index in [0.717, 1.165) is 0 Å². The van der Waals surface area contributed by atoms with E-state index in [4.69, 9.17) is 4.42 Å². The summed E-state index contributed by atoms with van der Waals surface area (Å²) >= 11 is 3.22. The number of aromatic amines is 1. The van der Waals surface area contributed by atoms with Gasteiger partial charge >= 0.3 is 0 Å². The van der Waals surface area contributed by atoms with Gasteiger partial charge in [0.25, 0.3) is 5.56 Å². The van der Waals surface area contributed by atoms with Crippen molar-refractivity contribution < 1.29 is 13.6 Å². The number of oxazole rings is 1. The number of pyridine rings is 1. The average Bonchev–Trinajstić information content (AvgIpc) is 3.06. The van der Waals surface area contributed by atoms with Crippen LogP contribution in [-0.4, -0.2) is 15.9 Å². The lowest BCUT2D eigenvalue weighted by Gasteiger charge is -2.03. The number of H-pyrrole nitrogens is 1. The Morgan fingerprint density at radius 2 is 2.08 bits per heavy atom. The molecular formula is C17H13BrFN3O3. The van der Waals surface area contributed by atoms with Gasteiger partial charge in [-0.25, -0.2) is 9.37 Å². The smallest absolute Gasteiger partial charge is 0.271 e. The molecular weight excluding hydrogens is 393 g/mol. The Balaban J connectivity index is 1.60. The molecule has 3 aromatic rings. The van der Waals surface area contributed by atoms with Crippen LogP contribution in [0.15, 0.2) is 56.4 Å². The van der Waals surface area contributed by atoms with Gasteiger partial charge in [0.15, 0.2) is 11.7 Å². The molecule has 25 heavy (non-hydrogen) atoms. The third-order valence-electron chi connectivity index (χ3n) is 3.39. The van der Waals surface area contributed by atoms with Crippen molar-refractivity contribution >= 4 is 27.5 Å². The van der Waals surface area contributed by atoms with Crippen molar-refractivity contribution in [1.29, 1.82) is 0 Å². The molecule has 0 fully saturated rings. The number of halogens is 2. The SMILES string of the molecule is O=C(CCc1ncc(-c2ccc(F)cc2)o1)Nc1cc(Br)c[nH]c1=O. The molecule has 0 aliphatic heterocycles. The van der Waals surface area contributed by atoms with E-state index in [1.165, 1.54) is 30.6 Å². The van der Waals surface area contributed by atoms with Crippen LogP contribution in [0.4, 0.5) is 10.1 Å². The first-order valence-corrected chi connectivity index (χ1v) is 8.19. The summed E-state index contributed by atoms with van der Waals surface area (Å²) in [5.74, 6) is 0.226. The number of carbonyl (C=O) groups excluding carboxylic acids is 1. The number of amides is 1. The Labute approximate surface area is 150 Å². The summed E-state index contributed by atoms with van der Waals surface area (Å²) in [5.41, 5.74) is 0.482. The first kappa shape index (κ1) is 17.1. The van der Waals surface area contributed by atoms with Gasteiger partial charge in [0.1, 0.15) is 11.5 Å². The number of hydrogen-bond donors (Lipinski definition) is 2. The number of carbonyl (C=O) groups is 1. The fourth-order valence-corrected chi connectivity index (χ4v) is 2.50. The number of anilines is 1. The minimum absolute atomic E-state index is 0.106. The molecule has 0 aliphatic rings. The van der Waals surface area contributed by atoms with Crippen LogP contribution in [0, 0.1) is 5.82 Å². The fourth-order valence-electron chi connectivity index (χ4n) is 2.16. The summed E-state index contributed by atoms with van der Waals surface area (Å²) in [6.07, 6.45) is 3.40. The van der Waals surface area contributed by atoms with Gasteiger partial charge in [-0.05, 0) is 46.3 Å². The van der Waals surface area contributed by atoms with Gasteiger partial charge in [-0.2, -0.15) is 0 Å². The van der Waals surface area contributed by atoms with Crippen molar-refractivity contribution in [3.8, 4) is 11.3 Å². The van der Waals surface area contributed by atoms with Crippen molar-refractivity contribution in [2.24, 2.45) is 0 Å². The Kier molecular flexibility index (Phi) is 5.08. The van der Waals surface area contributed by atoms with E-state index in [2.05, 4.69) is 31.2 Å². The fraction of sp³-hybridized carbons (Fsp3) is 0.118. The monoisotopic (exact) mass is 405 g/mol. The molecule has 128 valence electrons. The van der Waals surface area contributed by atoms with Gasteiger partial charge in [-0.1, -0.05) is 0 Å². The Morgan fingerprint density at radius 1 is 1.32 bits per heavy atom. The van der Waals surface area contributed by atoms with Crippen LogP contribution in [0.1, 0.15) is 12.3 Å². The highest BCUT2D eigenvalue weighted by atomic mass is 79.9. The quantitative estimate of drug-likeness (QED) is 0.679. The Bertz CT molecular complexity index is 950. The molecule has 2 N–H and O–H groups in total. The highest BCUT2D eigenvalue weighted by Crippen LogP contribution is 2.21. The second-order valence-electron chi connectivity index (χ2n) is 5.23. The second kappa shape index (κ2) is 7.43. The standard InChI is InChI=1S/C17H13BrFN3O3/c18-11-7-13(17(24)21-8-11)22-15(23)5-6-16-20-9-14(25-16)10-1-3-12(19)4-2-10/h1-4,7-9H,5-6H2,(H,21,24)(H,22,23). The van der Waals surface area contributed by atoms with E-state index >= 15 is 0 Å². The maximum Gasteiger partial charge on any atom is 0.271 e. The highest BCUT2D eigenvalue weighted by Gasteiger charge is 2.11. The predicted molar refractivity (Wildman–Crippen MR) is 93.6 cm³/mol. The first-order chi connectivity index (χ1) is 12.0. The van der Waals surface area contributed by atoms with Crippen LogP contribution < -0.4 is 10.9 Å². The molecule has 0 saturated carbocycles. The maximum absolute atomic E-state index is 12.9. The van der Waals surface area contributed by atoms with Gasteiger partial charge in [-0.15, -0.1) is 0 Å². The zero-order valence-corrected chi connectivity index (χ0v) is 14.5. The number of nitrogens with zero attached hydrogens (tertiary/aromatic N) is 1. The van der Waals surface area contributed by atoms with Crippen molar-refractivity contribution in [3.05, 3.63) is 69.3 Å². The van der Waals surface area contributed by atoms with E-state index in [1.54, 1.807) is 12.1 Å². The number of rotatable bonds is 5. The Morgan fingerprint density at radius 3 is 2.84 bits per heavy atom. The molecule has 1 aromatic carbocycles. The summed E-state index contributed by atoms with van der Waals surface area (Å²) in [6.45, 7) is 0. The molecule has 0 atom stereocenters. The molecule has 0 saturated heterocycles. The number of hydrogen-bond acceptors (Lipinski definition) is 4. The lowest BCUT2D eigenvalue weighted by Crippen LogP contribution is -2.19. The summed E-state index contributed by atoms with van der Waals surface area (Å²) in [6, 6.07) is 7.37. The topological polar surface area (TPSA) is 88.0 Å². The van der Waals surface area contributed by atoms with Gasteiger partial charge < -0.3 is 14.7 Å². The predicted octanol–water partition coefficient (Wildman–Crippen LogP) is 3.50. The highest BCUT2D eigenvalue weighted by molar-refractivity contribution is 9.10. The van der Waals surface area contributed by atoms with E-state index in [-0.39, 0.29) is 35.8 Å². The molecule has 0 radical (unpaired) electrons. The van der Waals surface area contributed by atoms with Gasteiger partial charge in [0.05, 0.1) is 6.20 Å². The van der Waals surface area contributed by atoms with Crippen LogP contribution in [-0.2, 0) is 11.2 Å². The minimum Gasteiger partial charge on any atom is -0.441 e. The largest absolute Gasteiger partial charge is 0.441 e. The molecule has 2 heterocycles. The van der Waals surface area contributed by atoms with Crippen molar-refractivity contribution in [3.63, 3.8) is 0 Å². The van der Waals surface area contributed by atoms with Gasteiger partial charge in [0, 0.05) is 29.1 Å². The van der Waals surface area contributed by atoms with Crippen LogP contribution in [0.3, 0.4) is 0 Å². The number of aryl methyl sites for hydroxylation is 1. The molecule has 0 unspecified atom stereocenters. The number of nitrogens with one attached hydrogen (secondary N) is 2. The summed E-state index contributed by atoms with van der Waals surface area (Å²) in [5, 5.41) is 2.54. The molecule has 3 rings (SSSR count). The van der Waals surface area contributed by atoms with Crippen molar-refractivity contribution in [2.45, 2.75) is 12.8 Å². The molecule has 0 bridgehead atoms. The lowest BCUT2D eigenvalue weighted by atomic mass is 10.2. The van der Waals surface area contributed by atoms with Gasteiger partial charge in [0.2, 0.25) is 5.91 Å². The summed E-state index contributed by atoms with van der Waals surface area (Å²) < 4.78 is 19.1. The third-order valence-corrected chi connectivity index (χ3v) is 3.85. The zero-order chi connectivity index (χ0) is 17.8. The molecule has 2 aromatic heterocycles. The van der Waals surface area contributed by atoms with E-state index in [0.29, 0.717) is 21.7 Å². The molecule has 6 nitrogen and oxygen atoms in total. The molecule has 1 amide bonds. The normalized spacial score (nSPS) is 10.6. The van der Waals surface area contributed by atoms with E-state index in [9.17, 15) is 14.0 Å². The number of aromatic nitrogens is 2. The molecule has 0 aliphatic carbocycles. The average molecular weight is 406 g/mol. The first-order valence-electron chi connectivity index (χ1n) is 7.40. The van der Waals surface area contributed by atoms with Crippen LogP contribution in [0.25, 0.3) is 11.3 Å². The lowest BCUT2D eigenvalue weighted by molar-refractivity contribution is -0.116. The van der Waals surface area contributed by atoms with Crippen LogP contribution in [0.5, 0.6) is 0 Å². The zero-order valence-electron chi connectivity index (χ0n) is 12.9. The summed E-state index contributed by atoms with van der Waals surface area (Å²) in [4.78, 5) is 30.2. The summed E-state index contributed by atoms with van der Waals surface area (Å²) in [7, 11) is 0. The van der Waals surface area contributed by atoms with Crippen LogP contribution in [0.2, 0.25) is 0 Å². The van der Waals surface area contributed by atoms with Gasteiger partial charge in [-0.3, -0.25) is 9.59 Å². The number of benzene rings is 1.